The number of halogens is 1. The molecule has 0 saturated heterocycles. The van der Waals surface area contributed by atoms with Crippen molar-refractivity contribution < 1.29 is 4.39 Å². The van der Waals surface area contributed by atoms with Gasteiger partial charge in [-0.2, -0.15) is 9.61 Å². The van der Waals surface area contributed by atoms with Crippen LogP contribution in [-0.4, -0.2) is 35.9 Å². The average Bonchev–Trinajstić information content (AvgIpc) is 3.26. The van der Waals surface area contributed by atoms with Gasteiger partial charge in [-0.05, 0) is 12.1 Å². The minimum absolute atomic E-state index is 0.302. The molecule has 120 valence electrons. The standard InChI is InChI=1S/C16H14FN7/c17-13-4-2-1-3-12(13)14-9-16(24-15(22-14)5-6-21-24)18-7-8-23-10-19-20-11-23/h1-6,9-11,18H,7-8H2. The lowest BCUT2D eigenvalue weighted by atomic mass is 10.1. The molecule has 24 heavy (non-hydrogen) atoms. The van der Waals surface area contributed by atoms with Gasteiger partial charge in [-0.1, -0.05) is 12.1 Å². The van der Waals surface area contributed by atoms with Gasteiger partial charge in [0.25, 0.3) is 0 Å². The van der Waals surface area contributed by atoms with E-state index < -0.39 is 0 Å². The highest BCUT2D eigenvalue weighted by Gasteiger charge is 2.11. The summed E-state index contributed by atoms with van der Waals surface area (Å²) in [7, 11) is 0. The molecule has 1 N–H and O–H groups in total. The van der Waals surface area contributed by atoms with Crippen LogP contribution in [0.25, 0.3) is 16.9 Å². The number of nitrogens with one attached hydrogen (secondary N) is 1. The molecule has 4 rings (SSSR count). The van der Waals surface area contributed by atoms with Crippen LogP contribution in [0.2, 0.25) is 0 Å². The first-order chi connectivity index (χ1) is 11.8. The second kappa shape index (κ2) is 6.07. The van der Waals surface area contributed by atoms with Crippen molar-refractivity contribution in [2.75, 3.05) is 11.9 Å². The molecule has 0 aliphatic heterocycles. The highest BCUT2D eigenvalue weighted by molar-refractivity contribution is 5.66. The Labute approximate surface area is 136 Å². The van der Waals surface area contributed by atoms with Crippen molar-refractivity contribution in [1.29, 1.82) is 0 Å². The van der Waals surface area contributed by atoms with Crippen LogP contribution in [0.1, 0.15) is 0 Å². The van der Waals surface area contributed by atoms with E-state index in [0.717, 1.165) is 5.82 Å². The molecule has 0 unspecified atom stereocenters. The third-order valence-electron chi connectivity index (χ3n) is 3.65. The van der Waals surface area contributed by atoms with Gasteiger partial charge in [-0.15, -0.1) is 10.2 Å². The summed E-state index contributed by atoms with van der Waals surface area (Å²) >= 11 is 0. The summed E-state index contributed by atoms with van der Waals surface area (Å²) in [5, 5.41) is 15.1. The smallest absolute Gasteiger partial charge is 0.157 e. The van der Waals surface area contributed by atoms with Crippen molar-refractivity contribution in [3.05, 3.63) is 61.1 Å². The first-order valence-corrected chi connectivity index (χ1v) is 7.47. The molecule has 1 aromatic carbocycles. The third kappa shape index (κ3) is 2.69. The summed E-state index contributed by atoms with van der Waals surface area (Å²) < 4.78 is 17.6. The fraction of sp³-hybridized carbons (Fsp3) is 0.125. The molecule has 4 aromatic rings. The Kier molecular flexibility index (Phi) is 3.62. The fourth-order valence-corrected chi connectivity index (χ4v) is 2.50. The number of nitrogens with zero attached hydrogens (tertiary/aromatic N) is 6. The zero-order chi connectivity index (χ0) is 16.4. The lowest BCUT2D eigenvalue weighted by Crippen LogP contribution is -2.12. The van der Waals surface area contributed by atoms with E-state index in [1.54, 1.807) is 53.7 Å². The zero-order valence-electron chi connectivity index (χ0n) is 12.7. The number of benzene rings is 1. The van der Waals surface area contributed by atoms with Crippen molar-refractivity contribution in [1.82, 2.24) is 29.4 Å². The normalized spacial score (nSPS) is 11.0. The van der Waals surface area contributed by atoms with E-state index >= 15 is 0 Å². The van der Waals surface area contributed by atoms with Gasteiger partial charge in [0.05, 0.1) is 11.9 Å². The van der Waals surface area contributed by atoms with Crippen LogP contribution in [-0.2, 0) is 6.54 Å². The van der Waals surface area contributed by atoms with E-state index in [4.69, 9.17) is 0 Å². The maximum atomic E-state index is 14.1. The summed E-state index contributed by atoms with van der Waals surface area (Å²) in [5.74, 6) is 0.445. The van der Waals surface area contributed by atoms with E-state index in [9.17, 15) is 4.39 Å². The van der Waals surface area contributed by atoms with Gasteiger partial charge in [-0.3, -0.25) is 0 Å². The molecule has 0 radical (unpaired) electrons. The molecule has 0 spiro atoms. The van der Waals surface area contributed by atoms with Gasteiger partial charge >= 0.3 is 0 Å². The van der Waals surface area contributed by atoms with Crippen LogP contribution in [0, 0.1) is 5.82 Å². The Morgan fingerprint density at radius 2 is 1.92 bits per heavy atom. The average molecular weight is 323 g/mol. The van der Waals surface area contributed by atoms with Crippen LogP contribution in [0.5, 0.6) is 0 Å². The summed E-state index contributed by atoms with van der Waals surface area (Å²) in [6.07, 6.45) is 4.98. The van der Waals surface area contributed by atoms with E-state index in [1.807, 2.05) is 4.57 Å². The Morgan fingerprint density at radius 1 is 1.08 bits per heavy atom. The number of fused-ring (bicyclic) bond motifs is 1. The minimum atomic E-state index is -0.302. The summed E-state index contributed by atoms with van der Waals surface area (Å²) in [6, 6.07) is 10.2. The predicted octanol–water partition coefficient (Wildman–Crippen LogP) is 2.24. The zero-order valence-corrected chi connectivity index (χ0v) is 12.7. The Balaban J connectivity index is 1.66. The molecule has 0 amide bonds. The molecule has 0 fully saturated rings. The van der Waals surface area contributed by atoms with Crippen LogP contribution in [0.15, 0.2) is 55.2 Å². The van der Waals surface area contributed by atoms with Gasteiger partial charge in [0, 0.05) is 30.8 Å². The molecular weight excluding hydrogens is 309 g/mol. The van der Waals surface area contributed by atoms with Crippen LogP contribution < -0.4 is 5.32 Å². The SMILES string of the molecule is Fc1ccccc1-c1cc(NCCn2cnnc2)n2nccc2n1. The number of aromatic nitrogens is 6. The van der Waals surface area contributed by atoms with Crippen LogP contribution >= 0.6 is 0 Å². The second-order valence-corrected chi connectivity index (χ2v) is 5.23. The van der Waals surface area contributed by atoms with Crippen LogP contribution in [0.4, 0.5) is 10.2 Å². The molecule has 0 saturated carbocycles. The van der Waals surface area contributed by atoms with Gasteiger partial charge < -0.3 is 9.88 Å². The summed E-state index contributed by atoms with van der Waals surface area (Å²) in [5.41, 5.74) is 1.68. The van der Waals surface area contributed by atoms with Gasteiger partial charge in [0.15, 0.2) is 5.65 Å². The first-order valence-electron chi connectivity index (χ1n) is 7.47. The highest BCUT2D eigenvalue weighted by Crippen LogP contribution is 2.24. The van der Waals surface area contributed by atoms with E-state index in [2.05, 4.69) is 25.6 Å². The molecule has 0 bridgehead atoms. The van der Waals surface area contributed by atoms with E-state index in [1.165, 1.54) is 6.07 Å². The fourth-order valence-electron chi connectivity index (χ4n) is 2.50. The molecule has 3 heterocycles. The predicted molar refractivity (Wildman–Crippen MR) is 86.9 cm³/mol. The Morgan fingerprint density at radius 3 is 2.75 bits per heavy atom. The second-order valence-electron chi connectivity index (χ2n) is 5.23. The topological polar surface area (TPSA) is 72.9 Å². The quantitative estimate of drug-likeness (QED) is 0.610. The Bertz CT molecular complexity index is 962. The van der Waals surface area contributed by atoms with Crippen molar-refractivity contribution in [3.8, 4) is 11.3 Å². The van der Waals surface area contributed by atoms with Crippen LogP contribution in [0.3, 0.4) is 0 Å². The number of hydrogen-bond acceptors (Lipinski definition) is 5. The lowest BCUT2D eigenvalue weighted by Gasteiger charge is -2.11. The maximum absolute atomic E-state index is 14.1. The van der Waals surface area contributed by atoms with Crippen molar-refractivity contribution >= 4 is 11.5 Å². The molecule has 0 aliphatic rings. The van der Waals surface area contributed by atoms with Gasteiger partial charge in [-0.25, -0.2) is 9.37 Å². The van der Waals surface area contributed by atoms with E-state index in [0.29, 0.717) is 30.0 Å². The lowest BCUT2D eigenvalue weighted by molar-refractivity contribution is 0.630. The number of anilines is 1. The monoisotopic (exact) mass is 323 g/mol. The first kappa shape index (κ1) is 14.3. The van der Waals surface area contributed by atoms with E-state index in [-0.39, 0.29) is 5.82 Å². The van der Waals surface area contributed by atoms with Crippen molar-refractivity contribution in [3.63, 3.8) is 0 Å². The molecular formula is C16H14FN7. The molecule has 0 atom stereocenters. The van der Waals surface area contributed by atoms with Gasteiger partial charge in [0.1, 0.15) is 24.3 Å². The molecule has 3 aromatic heterocycles. The summed E-state index contributed by atoms with van der Waals surface area (Å²) in [4.78, 5) is 4.48. The number of hydrogen-bond donors (Lipinski definition) is 1. The van der Waals surface area contributed by atoms with Gasteiger partial charge in [0.2, 0.25) is 0 Å². The molecule has 7 nitrogen and oxygen atoms in total. The minimum Gasteiger partial charge on any atom is -0.368 e. The maximum Gasteiger partial charge on any atom is 0.157 e. The van der Waals surface area contributed by atoms with Crippen molar-refractivity contribution in [2.24, 2.45) is 0 Å². The third-order valence-corrected chi connectivity index (χ3v) is 3.65. The molecule has 8 heteroatoms. The Hall–Kier alpha value is -3.29. The number of rotatable bonds is 5. The largest absolute Gasteiger partial charge is 0.368 e. The highest BCUT2D eigenvalue weighted by atomic mass is 19.1. The summed E-state index contributed by atoms with van der Waals surface area (Å²) in [6.45, 7) is 1.35. The molecule has 0 aliphatic carbocycles. The van der Waals surface area contributed by atoms with Crippen molar-refractivity contribution in [2.45, 2.75) is 6.54 Å².